The highest BCUT2D eigenvalue weighted by Crippen LogP contribution is 2.31. The van der Waals surface area contributed by atoms with E-state index in [1.165, 1.54) is 6.08 Å². The van der Waals surface area contributed by atoms with Crippen molar-refractivity contribution in [2.45, 2.75) is 12.5 Å². The molecule has 3 rings (SSSR count). The lowest BCUT2D eigenvalue weighted by molar-refractivity contribution is -0.111. The number of benzene rings is 3. The topological polar surface area (TPSA) is 123 Å². The molecule has 176 valence electrons. The van der Waals surface area contributed by atoms with E-state index in [2.05, 4.69) is 10.6 Å². The lowest BCUT2D eigenvalue weighted by Gasteiger charge is -2.20. The van der Waals surface area contributed by atoms with Gasteiger partial charge in [-0.2, -0.15) is 0 Å². The molecular formula is C26H27N3O5. The number of hydrogen-bond donors (Lipinski definition) is 4. The van der Waals surface area contributed by atoms with Gasteiger partial charge in [-0.25, -0.2) is 4.79 Å². The van der Waals surface area contributed by atoms with E-state index in [1.54, 1.807) is 78.9 Å². The Morgan fingerprint density at radius 2 is 1.65 bits per heavy atom. The Balaban J connectivity index is 1.73. The molecule has 0 bridgehead atoms. The number of hydrogen-bond acceptors (Lipinski definition) is 6. The number of aliphatic hydroxyl groups excluding tert-OH is 1. The van der Waals surface area contributed by atoms with Gasteiger partial charge in [-0.15, -0.1) is 0 Å². The van der Waals surface area contributed by atoms with Gasteiger partial charge in [0.2, 0.25) is 5.91 Å². The van der Waals surface area contributed by atoms with Gasteiger partial charge in [0, 0.05) is 17.7 Å². The first-order chi connectivity index (χ1) is 16.6. The lowest BCUT2D eigenvalue weighted by Crippen LogP contribution is -2.18. The van der Waals surface area contributed by atoms with Crippen molar-refractivity contribution < 1.29 is 24.2 Å². The van der Waals surface area contributed by atoms with Crippen molar-refractivity contribution >= 4 is 29.1 Å². The Morgan fingerprint density at radius 1 is 0.941 bits per heavy atom. The standard InChI is InChI=1S/C26H27N3O5/c27-21-12-5-6-13-22(21)29-25(31)16-8-15-24(20-11-4-7-14-23(20)33-18-17-30)34-26(32)28-19-9-2-1-3-10-19/h1-14,16,24,30H,15,17-18,27H2,(H,28,32)(H,29,31)/b16-8+/t24-/m0/s1. The van der Waals surface area contributed by atoms with Crippen LogP contribution in [-0.4, -0.2) is 30.3 Å². The van der Waals surface area contributed by atoms with Gasteiger partial charge in [0.15, 0.2) is 0 Å². The summed E-state index contributed by atoms with van der Waals surface area (Å²) in [6, 6.07) is 22.9. The first kappa shape index (κ1) is 24.3. The number of anilines is 3. The van der Waals surface area contributed by atoms with E-state index in [1.807, 2.05) is 6.07 Å². The van der Waals surface area contributed by atoms with Crippen LogP contribution in [0.5, 0.6) is 5.75 Å². The highest BCUT2D eigenvalue weighted by atomic mass is 16.6. The molecule has 8 nitrogen and oxygen atoms in total. The zero-order valence-electron chi connectivity index (χ0n) is 18.5. The zero-order valence-corrected chi connectivity index (χ0v) is 18.5. The average molecular weight is 462 g/mol. The minimum absolute atomic E-state index is 0.0939. The maximum absolute atomic E-state index is 12.6. The van der Waals surface area contributed by atoms with Gasteiger partial charge in [-0.05, 0) is 36.4 Å². The van der Waals surface area contributed by atoms with Crippen LogP contribution in [0, 0.1) is 0 Å². The Kier molecular flexibility index (Phi) is 9.07. The molecule has 5 N–H and O–H groups in total. The fraction of sp³-hybridized carbons (Fsp3) is 0.154. The predicted molar refractivity (Wildman–Crippen MR) is 132 cm³/mol. The fourth-order valence-electron chi connectivity index (χ4n) is 3.15. The van der Waals surface area contributed by atoms with Crippen LogP contribution >= 0.6 is 0 Å². The predicted octanol–water partition coefficient (Wildman–Crippen LogP) is 4.51. The highest BCUT2D eigenvalue weighted by Gasteiger charge is 2.20. The molecule has 3 aromatic carbocycles. The maximum atomic E-state index is 12.6. The Morgan fingerprint density at radius 3 is 2.41 bits per heavy atom. The Hall–Kier alpha value is -4.30. The van der Waals surface area contributed by atoms with Crippen molar-refractivity contribution in [2.75, 3.05) is 29.6 Å². The number of amides is 2. The third-order valence-corrected chi connectivity index (χ3v) is 4.72. The van der Waals surface area contributed by atoms with E-state index in [9.17, 15) is 9.59 Å². The molecule has 0 aromatic heterocycles. The summed E-state index contributed by atoms with van der Waals surface area (Å²) in [4.78, 5) is 24.9. The van der Waals surface area contributed by atoms with E-state index < -0.39 is 12.2 Å². The van der Waals surface area contributed by atoms with Gasteiger partial charge >= 0.3 is 6.09 Å². The molecule has 0 aliphatic heterocycles. The summed E-state index contributed by atoms with van der Waals surface area (Å²) in [6.07, 6.45) is 1.78. The summed E-state index contributed by atoms with van der Waals surface area (Å²) < 4.78 is 11.3. The summed E-state index contributed by atoms with van der Waals surface area (Å²) in [5.41, 5.74) is 8.02. The molecule has 0 aliphatic rings. The average Bonchev–Trinajstić information content (AvgIpc) is 2.84. The number of nitrogen functional groups attached to an aromatic ring is 1. The van der Waals surface area contributed by atoms with Gasteiger partial charge in [0.1, 0.15) is 18.5 Å². The smallest absolute Gasteiger partial charge is 0.412 e. The van der Waals surface area contributed by atoms with Crippen molar-refractivity contribution in [2.24, 2.45) is 0 Å². The summed E-state index contributed by atoms with van der Waals surface area (Å²) in [5, 5.41) is 14.5. The number of ether oxygens (including phenoxy) is 2. The molecule has 8 heteroatoms. The fourth-order valence-corrected chi connectivity index (χ4v) is 3.15. The van der Waals surface area contributed by atoms with Crippen molar-refractivity contribution in [3.05, 3.63) is 96.6 Å². The second-order valence-electron chi connectivity index (χ2n) is 7.21. The maximum Gasteiger partial charge on any atom is 0.412 e. The van der Waals surface area contributed by atoms with E-state index >= 15 is 0 Å². The number of carbonyl (C=O) groups is 2. The number of carbonyl (C=O) groups excluding carboxylic acids is 2. The SMILES string of the molecule is Nc1ccccc1NC(=O)/C=C/C[C@H](OC(=O)Nc1ccccc1)c1ccccc1OCCO. The van der Waals surface area contributed by atoms with Crippen LogP contribution in [0.1, 0.15) is 18.1 Å². The normalized spacial score (nSPS) is 11.6. The van der Waals surface area contributed by atoms with Crippen LogP contribution in [0.15, 0.2) is 91.0 Å². The second-order valence-corrected chi connectivity index (χ2v) is 7.21. The molecule has 0 spiro atoms. The van der Waals surface area contributed by atoms with Crippen molar-refractivity contribution in [1.29, 1.82) is 0 Å². The Labute approximate surface area is 198 Å². The molecule has 34 heavy (non-hydrogen) atoms. The summed E-state index contributed by atoms with van der Waals surface area (Å²) in [6.45, 7) is -0.0618. The molecule has 0 radical (unpaired) electrons. The summed E-state index contributed by atoms with van der Waals surface area (Å²) in [7, 11) is 0. The summed E-state index contributed by atoms with van der Waals surface area (Å²) in [5.74, 6) is 0.110. The largest absolute Gasteiger partial charge is 0.491 e. The molecule has 0 aliphatic carbocycles. The first-order valence-electron chi connectivity index (χ1n) is 10.7. The zero-order chi connectivity index (χ0) is 24.2. The molecule has 0 saturated heterocycles. The molecule has 0 saturated carbocycles. The van der Waals surface area contributed by atoms with Gasteiger partial charge < -0.3 is 25.6 Å². The molecule has 0 heterocycles. The molecule has 0 fully saturated rings. The Bertz CT molecular complexity index is 1120. The number of aliphatic hydroxyl groups is 1. The number of nitrogens with two attached hydrogens (primary N) is 1. The number of rotatable bonds is 10. The summed E-state index contributed by atoms with van der Waals surface area (Å²) >= 11 is 0. The van der Waals surface area contributed by atoms with Crippen LogP contribution in [0.3, 0.4) is 0 Å². The third-order valence-electron chi connectivity index (χ3n) is 4.72. The van der Waals surface area contributed by atoms with E-state index in [4.69, 9.17) is 20.3 Å². The minimum atomic E-state index is -0.746. The second kappa shape index (κ2) is 12.7. The van der Waals surface area contributed by atoms with Crippen LogP contribution in [0.25, 0.3) is 0 Å². The first-order valence-corrected chi connectivity index (χ1v) is 10.7. The van der Waals surface area contributed by atoms with Crippen LogP contribution in [0.4, 0.5) is 21.9 Å². The van der Waals surface area contributed by atoms with Crippen LogP contribution in [0.2, 0.25) is 0 Å². The quantitative estimate of drug-likeness (QED) is 0.260. The van der Waals surface area contributed by atoms with Gasteiger partial charge in [-0.1, -0.05) is 54.6 Å². The molecule has 2 amide bonds. The van der Waals surface area contributed by atoms with Gasteiger partial charge in [-0.3, -0.25) is 10.1 Å². The van der Waals surface area contributed by atoms with E-state index in [0.29, 0.717) is 28.4 Å². The number of nitrogens with one attached hydrogen (secondary N) is 2. The molecular weight excluding hydrogens is 434 g/mol. The lowest BCUT2D eigenvalue weighted by atomic mass is 10.0. The molecule has 0 unspecified atom stereocenters. The van der Waals surface area contributed by atoms with E-state index in [-0.39, 0.29) is 25.5 Å². The monoisotopic (exact) mass is 461 g/mol. The molecule has 3 aromatic rings. The van der Waals surface area contributed by atoms with Crippen molar-refractivity contribution in [3.8, 4) is 5.75 Å². The van der Waals surface area contributed by atoms with Gasteiger partial charge in [0.25, 0.3) is 0 Å². The van der Waals surface area contributed by atoms with Crippen molar-refractivity contribution in [3.63, 3.8) is 0 Å². The number of para-hydroxylation sites is 4. The van der Waals surface area contributed by atoms with E-state index in [0.717, 1.165) is 0 Å². The third kappa shape index (κ3) is 7.39. The molecule has 1 atom stereocenters. The van der Waals surface area contributed by atoms with Crippen LogP contribution in [-0.2, 0) is 9.53 Å². The van der Waals surface area contributed by atoms with Gasteiger partial charge in [0.05, 0.1) is 18.0 Å². The van der Waals surface area contributed by atoms with Crippen molar-refractivity contribution in [1.82, 2.24) is 0 Å². The minimum Gasteiger partial charge on any atom is -0.491 e. The highest BCUT2D eigenvalue weighted by molar-refractivity contribution is 6.01. The van der Waals surface area contributed by atoms with Crippen LogP contribution < -0.4 is 21.1 Å².